The van der Waals surface area contributed by atoms with Crippen molar-refractivity contribution in [3.8, 4) is 0 Å². The first-order chi connectivity index (χ1) is 15.8. The van der Waals surface area contributed by atoms with E-state index in [4.69, 9.17) is 9.16 Å². The highest BCUT2D eigenvalue weighted by atomic mass is 127. The lowest BCUT2D eigenvalue weighted by molar-refractivity contribution is -0.139. The van der Waals surface area contributed by atoms with Crippen LogP contribution >= 0.6 is 22.6 Å². The summed E-state index contributed by atoms with van der Waals surface area (Å²) >= 11 is 2.26. The Labute approximate surface area is 213 Å². The second kappa shape index (κ2) is 11.6. The molecule has 0 saturated carbocycles. The molecule has 33 heavy (non-hydrogen) atoms. The minimum absolute atomic E-state index is 0.0667. The molecule has 0 radical (unpaired) electrons. The highest BCUT2D eigenvalue weighted by Crippen LogP contribution is 2.39. The summed E-state index contributed by atoms with van der Waals surface area (Å²) in [4.78, 5) is 12.5. The minimum Gasteiger partial charge on any atom is -0.455 e. The van der Waals surface area contributed by atoms with E-state index in [1.165, 1.54) is 10.4 Å². The molecule has 2 aromatic carbocycles. The van der Waals surface area contributed by atoms with E-state index in [1.54, 1.807) is 0 Å². The van der Waals surface area contributed by atoms with Crippen LogP contribution in [0.3, 0.4) is 0 Å². The maximum Gasteiger partial charge on any atom is 0.334 e. The molecule has 3 rings (SSSR count). The predicted octanol–water partition coefficient (Wildman–Crippen LogP) is 6.31. The van der Waals surface area contributed by atoms with Crippen LogP contribution in [0.25, 0.3) is 0 Å². The predicted molar refractivity (Wildman–Crippen MR) is 148 cm³/mol. The van der Waals surface area contributed by atoms with Gasteiger partial charge in [-0.2, -0.15) is 0 Å². The first-order valence-electron chi connectivity index (χ1n) is 11.7. The second-order valence-electron chi connectivity index (χ2n) is 9.70. The molecular formula is C28H35IO3Si. The van der Waals surface area contributed by atoms with Crippen molar-refractivity contribution in [2.45, 2.75) is 70.6 Å². The normalized spacial score (nSPS) is 17.8. The quantitative estimate of drug-likeness (QED) is 0.144. The van der Waals surface area contributed by atoms with Crippen LogP contribution in [0, 0.1) is 0 Å². The smallest absolute Gasteiger partial charge is 0.334 e. The zero-order valence-corrected chi connectivity index (χ0v) is 23.2. The molecule has 1 aliphatic rings. The van der Waals surface area contributed by atoms with E-state index in [0.717, 1.165) is 24.8 Å². The zero-order chi connectivity index (χ0) is 23.9. The molecule has 0 aliphatic carbocycles. The number of benzene rings is 2. The van der Waals surface area contributed by atoms with Crippen LogP contribution in [0.2, 0.25) is 5.04 Å². The Morgan fingerprint density at radius 3 is 2.09 bits per heavy atom. The Balaban J connectivity index is 2.06. The number of hydrogen-bond donors (Lipinski definition) is 0. The van der Waals surface area contributed by atoms with Crippen molar-refractivity contribution in [2.75, 3.05) is 0 Å². The van der Waals surface area contributed by atoms with Gasteiger partial charge < -0.3 is 9.16 Å². The molecule has 1 aliphatic heterocycles. The Morgan fingerprint density at radius 2 is 1.64 bits per heavy atom. The number of carbonyl (C=O) groups is 1. The van der Waals surface area contributed by atoms with Crippen molar-refractivity contribution < 1.29 is 14.0 Å². The molecule has 0 spiro atoms. The van der Waals surface area contributed by atoms with E-state index >= 15 is 0 Å². The summed E-state index contributed by atoms with van der Waals surface area (Å²) in [6.45, 7) is 8.79. The zero-order valence-electron chi connectivity index (χ0n) is 20.1. The van der Waals surface area contributed by atoms with Crippen LogP contribution in [0.1, 0.15) is 53.4 Å². The Bertz CT molecular complexity index is 924. The van der Waals surface area contributed by atoms with Gasteiger partial charge in [-0.15, -0.1) is 0 Å². The number of halogens is 1. The maximum absolute atomic E-state index is 12.5. The van der Waals surface area contributed by atoms with Gasteiger partial charge in [0.05, 0.1) is 6.10 Å². The molecule has 0 amide bonds. The standard InChI is InChI=1S/C28H35IO3Si/c1-22-20-23(27(30)31-22)21-24(14-8-7-13-19-29)32-33(28(2,3)4,25-15-9-5-10-16-25)26-17-11-6-12-18-26/h5-6,9-13,15-20,22,24H,7-8,14,21H2,1-4H3/b19-13+/t22?,24-/m0/s1. The van der Waals surface area contributed by atoms with Crippen LogP contribution in [0.4, 0.5) is 0 Å². The fraction of sp³-hybridized carbons (Fsp3) is 0.393. The van der Waals surface area contributed by atoms with Gasteiger partial charge in [0.25, 0.3) is 8.32 Å². The number of unbranched alkanes of at least 4 members (excludes halogenated alkanes) is 1. The highest BCUT2D eigenvalue weighted by molar-refractivity contribution is 14.1. The van der Waals surface area contributed by atoms with Gasteiger partial charge in [-0.25, -0.2) is 4.79 Å². The molecule has 3 nitrogen and oxygen atoms in total. The molecule has 2 atom stereocenters. The van der Waals surface area contributed by atoms with Crippen molar-refractivity contribution in [3.05, 3.63) is 82.5 Å². The summed E-state index contributed by atoms with van der Waals surface area (Å²) in [5.74, 6) is -0.203. The number of rotatable bonds is 10. The average Bonchev–Trinajstić information content (AvgIpc) is 3.11. The third-order valence-corrected chi connectivity index (χ3v) is 11.8. The SMILES string of the molecule is CC1C=C(C[C@H](CCC/C=C/I)O[Si](c2ccccc2)(c2ccccc2)C(C)(C)C)C(=O)O1. The van der Waals surface area contributed by atoms with E-state index in [0.29, 0.717) is 6.42 Å². The summed E-state index contributed by atoms with van der Waals surface area (Å²) in [5.41, 5.74) is 0.745. The summed E-state index contributed by atoms with van der Waals surface area (Å²) in [6, 6.07) is 21.4. The molecule has 0 fully saturated rings. The average molecular weight is 575 g/mol. The number of cyclic esters (lactones) is 1. The number of carbonyl (C=O) groups excluding carboxylic acids is 1. The molecular weight excluding hydrogens is 539 g/mol. The first-order valence-corrected chi connectivity index (χ1v) is 14.9. The van der Waals surface area contributed by atoms with Crippen molar-refractivity contribution in [1.29, 1.82) is 0 Å². The Morgan fingerprint density at radius 1 is 1.06 bits per heavy atom. The second-order valence-corrected chi connectivity index (χ2v) is 14.7. The summed E-state index contributed by atoms with van der Waals surface area (Å²) in [5, 5.41) is 2.42. The largest absolute Gasteiger partial charge is 0.455 e. The Hall–Kier alpha value is -1.70. The lowest BCUT2D eigenvalue weighted by Gasteiger charge is -2.45. The van der Waals surface area contributed by atoms with Crippen LogP contribution in [-0.4, -0.2) is 26.5 Å². The van der Waals surface area contributed by atoms with Gasteiger partial charge in [0.15, 0.2) is 0 Å². The number of hydrogen-bond acceptors (Lipinski definition) is 3. The summed E-state index contributed by atoms with van der Waals surface area (Å²) in [7, 11) is -2.69. The van der Waals surface area contributed by atoms with Gasteiger partial charge >= 0.3 is 5.97 Å². The molecule has 176 valence electrons. The van der Waals surface area contributed by atoms with Crippen LogP contribution in [0.15, 0.2) is 82.5 Å². The molecule has 0 bridgehead atoms. The van der Waals surface area contributed by atoms with Crippen LogP contribution in [0.5, 0.6) is 0 Å². The van der Waals surface area contributed by atoms with E-state index in [1.807, 2.05) is 13.0 Å². The van der Waals surface area contributed by atoms with E-state index < -0.39 is 8.32 Å². The van der Waals surface area contributed by atoms with Crippen molar-refractivity contribution >= 4 is 47.3 Å². The maximum atomic E-state index is 12.5. The Kier molecular flexibility index (Phi) is 9.13. The van der Waals surface area contributed by atoms with Gasteiger partial charge in [0, 0.05) is 12.0 Å². The summed E-state index contributed by atoms with van der Waals surface area (Å²) < 4.78 is 14.8. The molecule has 5 heteroatoms. The van der Waals surface area contributed by atoms with Crippen LogP contribution in [-0.2, 0) is 14.0 Å². The number of ether oxygens (including phenoxy) is 1. The fourth-order valence-electron chi connectivity index (χ4n) is 4.70. The lowest BCUT2D eigenvalue weighted by atomic mass is 10.0. The summed E-state index contributed by atoms with van der Waals surface area (Å²) in [6.07, 6.45) is 7.40. The highest BCUT2D eigenvalue weighted by Gasteiger charge is 2.51. The van der Waals surface area contributed by atoms with Gasteiger partial charge in [-0.1, -0.05) is 110 Å². The fourth-order valence-corrected chi connectivity index (χ4v) is 9.77. The van der Waals surface area contributed by atoms with Crippen molar-refractivity contribution in [3.63, 3.8) is 0 Å². The molecule has 1 heterocycles. The molecule has 2 aromatic rings. The van der Waals surface area contributed by atoms with E-state index in [9.17, 15) is 4.79 Å². The third kappa shape index (κ3) is 6.25. The molecule has 0 aromatic heterocycles. The van der Waals surface area contributed by atoms with Crippen LogP contribution < -0.4 is 10.4 Å². The third-order valence-electron chi connectivity index (χ3n) is 6.18. The van der Waals surface area contributed by atoms with E-state index in [2.05, 4.69) is 114 Å². The molecule has 1 unspecified atom stereocenters. The first kappa shape index (κ1) is 25.9. The van der Waals surface area contributed by atoms with E-state index in [-0.39, 0.29) is 23.2 Å². The number of esters is 1. The molecule has 0 N–H and O–H groups in total. The number of allylic oxidation sites excluding steroid dienone is 1. The van der Waals surface area contributed by atoms with Crippen molar-refractivity contribution in [1.82, 2.24) is 0 Å². The van der Waals surface area contributed by atoms with Gasteiger partial charge in [0.2, 0.25) is 0 Å². The van der Waals surface area contributed by atoms with Crippen molar-refractivity contribution in [2.24, 2.45) is 0 Å². The minimum atomic E-state index is -2.69. The lowest BCUT2D eigenvalue weighted by Crippen LogP contribution is -2.67. The van der Waals surface area contributed by atoms with Gasteiger partial charge in [0.1, 0.15) is 6.10 Å². The topological polar surface area (TPSA) is 35.5 Å². The monoisotopic (exact) mass is 574 g/mol. The van der Waals surface area contributed by atoms with Gasteiger partial charge in [-0.3, -0.25) is 0 Å². The molecule has 0 saturated heterocycles. The van der Waals surface area contributed by atoms with Gasteiger partial charge in [-0.05, 0) is 51.8 Å².